The summed E-state index contributed by atoms with van der Waals surface area (Å²) in [5, 5.41) is 0.824. The van der Waals surface area contributed by atoms with E-state index < -0.39 is 0 Å². The summed E-state index contributed by atoms with van der Waals surface area (Å²) in [7, 11) is 0. The molecule has 3 rings (SSSR count). The van der Waals surface area contributed by atoms with E-state index in [1.165, 1.54) is 12.8 Å². The molecule has 1 aromatic rings. The van der Waals surface area contributed by atoms with E-state index in [-0.39, 0.29) is 11.7 Å². The van der Waals surface area contributed by atoms with Gasteiger partial charge in [0.15, 0.2) is 6.29 Å². The van der Waals surface area contributed by atoms with E-state index in [4.69, 9.17) is 32.7 Å². The molecule has 3 nitrogen and oxygen atoms in total. The lowest BCUT2D eigenvalue weighted by Crippen LogP contribution is -2.41. The number of hydrogen-bond donors (Lipinski definition) is 0. The Morgan fingerprint density at radius 1 is 1.29 bits per heavy atom. The first kappa shape index (κ1) is 15.1. The van der Waals surface area contributed by atoms with Gasteiger partial charge in [-0.1, -0.05) is 36.0 Å². The molecule has 1 saturated carbocycles. The second-order valence-electron chi connectivity index (χ2n) is 5.90. The zero-order chi connectivity index (χ0) is 14.9. The van der Waals surface area contributed by atoms with Crippen molar-refractivity contribution in [3.8, 4) is 5.75 Å². The molecule has 1 aromatic carbocycles. The van der Waals surface area contributed by atoms with Gasteiger partial charge in [0, 0.05) is 17.9 Å². The van der Waals surface area contributed by atoms with Crippen LogP contribution in [0, 0.1) is 0 Å². The first-order chi connectivity index (χ1) is 10.1. The third-order valence-corrected chi connectivity index (χ3v) is 4.91. The Hall–Kier alpha value is -0.770. The lowest BCUT2D eigenvalue weighted by molar-refractivity contribution is -0.108. The van der Waals surface area contributed by atoms with Gasteiger partial charge in [0.1, 0.15) is 11.9 Å². The molecule has 114 valence electrons. The number of ether oxygens (including phenoxy) is 2. The highest BCUT2D eigenvalue weighted by Gasteiger charge is 2.41. The number of rotatable bonds is 3. The molecule has 5 heteroatoms. The summed E-state index contributed by atoms with van der Waals surface area (Å²) in [6, 6.07) is 3.19. The van der Waals surface area contributed by atoms with Crippen LogP contribution >= 0.6 is 23.2 Å². The number of benzene rings is 1. The van der Waals surface area contributed by atoms with E-state index in [2.05, 4.69) is 0 Å². The monoisotopic (exact) mass is 328 g/mol. The highest BCUT2D eigenvalue weighted by molar-refractivity contribution is 6.36. The SMILES string of the molecule is O=Cc1cc(Cl)cc(Cl)c1OC1CCOC2(CCCC2)C1. The summed E-state index contributed by atoms with van der Waals surface area (Å²) in [6.07, 6.45) is 7.08. The fourth-order valence-corrected chi connectivity index (χ4v) is 3.96. The molecule has 1 aliphatic heterocycles. The van der Waals surface area contributed by atoms with Crippen molar-refractivity contribution in [1.29, 1.82) is 0 Å². The highest BCUT2D eigenvalue weighted by Crippen LogP contribution is 2.42. The Morgan fingerprint density at radius 2 is 2.05 bits per heavy atom. The summed E-state index contributed by atoms with van der Waals surface area (Å²) >= 11 is 12.1. The van der Waals surface area contributed by atoms with Crippen molar-refractivity contribution in [3.63, 3.8) is 0 Å². The van der Waals surface area contributed by atoms with Crippen LogP contribution in [0.4, 0.5) is 0 Å². The molecule has 1 unspecified atom stereocenters. The van der Waals surface area contributed by atoms with Gasteiger partial charge in [0.05, 0.1) is 22.8 Å². The maximum absolute atomic E-state index is 11.2. The predicted octanol–water partition coefficient (Wildman–Crippen LogP) is 4.68. The van der Waals surface area contributed by atoms with Crippen LogP contribution in [-0.4, -0.2) is 24.6 Å². The van der Waals surface area contributed by atoms with Crippen molar-refractivity contribution < 1.29 is 14.3 Å². The highest BCUT2D eigenvalue weighted by atomic mass is 35.5. The third kappa shape index (κ3) is 3.20. The summed E-state index contributed by atoms with van der Waals surface area (Å²) in [4.78, 5) is 11.2. The second kappa shape index (κ2) is 6.15. The van der Waals surface area contributed by atoms with Gasteiger partial charge >= 0.3 is 0 Å². The molecule has 1 spiro atoms. The van der Waals surface area contributed by atoms with Gasteiger partial charge in [-0.25, -0.2) is 0 Å². The summed E-state index contributed by atoms with van der Waals surface area (Å²) < 4.78 is 12.0. The van der Waals surface area contributed by atoms with Gasteiger partial charge in [-0.3, -0.25) is 4.79 Å². The van der Waals surface area contributed by atoms with E-state index in [1.807, 2.05) is 0 Å². The smallest absolute Gasteiger partial charge is 0.153 e. The van der Waals surface area contributed by atoms with Crippen LogP contribution in [0.5, 0.6) is 5.75 Å². The minimum atomic E-state index is -0.0246. The van der Waals surface area contributed by atoms with E-state index >= 15 is 0 Å². The predicted molar refractivity (Wildman–Crippen MR) is 82.7 cm³/mol. The van der Waals surface area contributed by atoms with Crippen molar-refractivity contribution in [1.82, 2.24) is 0 Å². The number of aldehydes is 1. The molecule has 0 amide bonds. The molecular formula is C16H18Cl2O3. The largest absolute Gasteiger partial charge is 0.488 e. The van der Waals surface area contributed by atoms with Crippen molar-refractivity contribution in [2.75, 3.05) is 6.61 Å². The molecule has 0 bridgehead atoms. The summed E-state index contributed by atoms with van der Waals surface area (Å²) in [6.45, 7) is 0.701. The van der Waals surface area contributed by atoms with Crippen molar-refractivity contribution >= 4 is 29.5 Å². The first-order valence-corrected chi connectivity index (χ1v) is 8.12. The maximum Gasteiger partial charge on any atom is 0.153 e. The fraction of sp³-hybridized carbons (Fsp3) is 0.562. The lowest BCUT2D eigenvalue weighted by atomic mass is 9.90. The zero-order valence-corrected chi connectivity index (χ0v) is 13.3. The molecule has 21 heavy (non-hydrogen) atoms. The number of carbonyl (C=O) groups excluding carboxylic acids is 1. The van der Waals surface area contributed by atoms with Gasteiger partial charge in [-0.2, -0.15) is 0 Å². The maximum atomic E-state index is 11.2. The average Bonchev–Trinajstić information content (AvgIpc) is 2.89. The first-order valence-electron chi connectivity index (χ1n) is 7.37. The van der Waals surface area contributed by atoms with Crippen LogP contribution in [0.3, 0.4) is 0 Å². The fourth-order valence-electron chi connectivity index (χ4n) is 3.41. The van der Waals surface area contributed by atoms with Gasteiger partial charge < -0.3 is 9.47 Å². The molecule has 2 aliphatic rings. The van der Waals surface area contributed by atoms with Crippen LogP contribution in [-0.2, 0) is 4.74 Å². The Bertz CT molecular complexity index is 539. The van der Waals surface area contributed by atoms with E-state index in [1.54, 1.807) is 12.1 Å². The molecule has 1 heterocycles. The van der Waals surface area contributed by atoms with Crippen molar-refractivity contribution in [3.05, 3.63) is 27.7 Å². The molecule has 1 atom stereocenters. The van der Waals surface area contributed by atoms with E-state index in [0.717, 1.165) is 32.0 Å². The van der Waals surface area contributed by atoms with Gasteiger partial charge in [0.2, 0.25) is 0 Å². The Balaban J connectivity index is 1.78. The molecular weight excluding hydrogens is 311 g/mol. The molecule has 0 N–H and O–H groups in total. The minimum absolute atomic E-state index is 0.0246. The minimum Gasteiger partial charge on any atom is -0.488 e. The van der Waals surface area contributed by atoms with Gasteiger partial charge in [-0.15, -0.1) is 0 Å². The number of carbonyl (C=O) groups is 1. The molecule has 1 saturated heterocycles. The molecule has 0 radical (unpaired) electrons. The molecule has 2 fully saturated rings. The van der Waals surface area contributed by atoms with E-state index in [9.17, 15) is 4.79 Å². The topological polar surface area (TPSA) is 35.5 Å². The Labute approximate surface area is 134 Å². The van der Waals surface area contributed by atoms with Crippen LogP contribution in [0.15, 0.2) is 12.1 Å². The Morgan fingerprint density at radius 3 is 2.76 bits per heavy atom. The quantitative estimate of drug-likeness (QED) is 0.756. The van der Waals surface area contributed by atoms with Crippen LogP contribution in [0.25, 0.3) is 0 Å². The van der Waals surface area contributed by atoms with Crippen molar-refractivity contribution in [2.24, 2.45) is 0 Å². The van der Waals surface area contributed by atoms with Crippen molar-refractivity contribution in [2.45, 2.75) is 50.2 Å². The van der Waals surface area contributed by atoms with Gasteiger partial charge in [-0.05, 0) is 25.0 Å². The zero-order valence-electron chi connectivity index (χ0n) is 11.7. The number of hydrogen-bond acceptors (Lipinski definition) is 3. The van der Waals surface area contributed by atoms with E-state index in [0.29, 0.717) is 28.0 Å². The normalized spacial score (nSPS) is 24.2. The van der Waals surface area contributed by atoms with Crippen LogP contribution in [0.1, 0.15) is 48.9 Å². The number of halogens is 2. The molecule has 0 aromatic heterocycles. The summed E-state index contributed by atoms with van der Waals surface area (Å²) in [5.41, 5.74) is 0.378. The lowest BCUT2D eigenvalue weighted by Gasteiger charge is -2.38. The second-order valence-corrected chi connectivity index (χ2v) is 6.74. The van der Waals surface area contributed by atoms with Crippen LogP contribution in [0.2, 0.25) is 10.0 Å². The van der Waals surface area contributed by atoms with Gasteiger partial charge in [0.25, 0.3) is 0 Å². The molecule has 1 aliphatic carbocycles. The standard InChI is InChI=1S/C16H18Cl2O3/c17-12-7-11(10-19)15(14(18)8-12)21-13-3-6-20-16(9-13)4-1-2-5-16/h7-8,10,13H,1-6,9H2. The average molecular weight is 329 g/mol. The summed E-state index contributed by atoms with van der Waals surface area (Å²) in [5.74, 6) is 0.441. The Kier molecular flexibility index (Phi) is 4.43. The van der Waals surface area contributed by atoms with Crippen LogP contribution < -0.4 is 4.74 Å². The third-order valence-electron chi connectivity index (χ3n) is 4.41.